The van der Waals surface area contributed by atoms with Crippen molar-refractivity contribution in [1.82, 2.24) is 0 Å². The molecule has 0 saturated heterocycles. The maximum atomic E-state index is 5.20. The molecule has 15 heavy (non-hydrogen) atoms. The molecule has 1 aromatic carbocycles. The molecule has 0 bridgehead atoms. The molecule has 1 atom stereocenters. The summed E-state index contributed by atoms with van der Waals surface area (Å²) in [5, 5.41) is 0. The summed E-state index contributed by atoms with van der Waals surface area (Å²) in [6, 6.07) is 3.72. The monoisotopic (exact) mass is 275 g/mol. The zero-order chi connectivity index (χ0) is 11.4. The van der Waals surface area contributed by atoms with Gasteiger partial charge < -0.3 is 9.47 Å². The zero-order valence-corrected chi connectivity index (χ0v) is 10.5. The summed E-state index contributed by atoms with van der Waals surface area (Å²) in [7, 11) is 3.17. The molecule has 1 aromatic rings. The van der Waals surface area contributed by atoms with Crippen molar-refractivity contribution >= 4 is 15.9 Å². The van der Waals surface area contributed by atoms with Crippen LogP contribution in [0.25, 0.3) is 0 Å². The van der Waals surface area contributed by atoms with Crippen molar-refractivity contribution in [1.29, 1.82) is 0 Å². The van der Waals surface area contributed by atoms with Crippen molar-refractivity contribution in [2.45, 2.75) is 13.0 Å². The van der Waals surface area contributed by atoms with E-state index >= 15 is 0 Å². The first-order valence-corrected chi connectivity index (χ1v) is 5.20. The lowest BCUT2D eigenvalue weighted by molar-refractivity contribution is 0.0661. The number of benzene rings is 1. The van der Waals surface area contributed by atoms with Crippen LogP contribution in [0.5, 0.6) is 11.5 Å². The van der Waals surface area contributed by atoms with Crippen LogP contribution in [0.3, 0.4) is 0 Å². The van der Waals surface area contributed by atoms with Gasteiger partial charge in [0.05, 0.1) is 18.7 Å². The van der Waals surface area contributed by atoms with E-state index in [2.05, 4.69) is 15.9 Å². The lowest BCUT2D eigenvalue weighted by atomic mass is 10.1. The van der Waals surface area contributed by atoms with Gasteiger partial charge in [-0.25, -0.2) is 5.90 Å². The molecule has 4 nitrogen and oxygen atoms in total. The summed E-state index contributed by atoms with van der Waals surface area (Å²) in [6.07, 6.45) is -0.193. The molecule has 0 aliphatic heterocycles. The van der Waals surface area contributed by atoms with Gasteiger partial charge in [-0.1, -0.05) is 0 Å². The predicted octanol–water partition coefficient (Wildman–Crippen LogP) is 2.42. The summed E-state index contributed by atoms with van der Waals surface area (Å²) in [6.45, 7) is 1.85. The van der Waals surface area contributed by atoms with Crippen LogP contribution in [-0.2, 0) is 4.84 Å². The van der Waals surface area contributed by atoms with Crippen LogP contribution in [0.15, 0.2) is 16.6 Å². The molecular formula is C10H14BrNO3. The molecule has 0 amide bonds. The Kier molecular flexibility index (Phi) is 4.38. The van der Waals surface area contributed by atoms with Gasteiger partial charge in [-0.15, -0.1) is 0 Å². The first kappa shape index (κ1) is 12.3. The molecule has 0 aromatic heterocycles. The van der Waals surface area contributed by atoms with E-state index < -0.39 is 0 Å². The highest BCUT2D eigenvalue weighted by molar-refractivity contribution is 9.10. The summed E-state index contributed by atoms with van der Waals surface area (Å²) in [4.78, 5) is 4.75. The topological polar surface area (TPSA) is 53.7 Å². The Morgan fingerprint density at radius 2 is 1.93 bits per heavy atom. The minimum atomic E-state index is -0.193. The summed E-state index contributed by atoms with van der Waals surface area (Å²) < 4.78 is 11.2. The number of ether oxygens (including phenoxy) is 2. The smallest absolute Gasteiger partial charge is 0.174 e. The van der Waals surface area contributed by atoms with Crippen LogP contribution in [0.1, 0.15) is 18.6 Å². The van der Waals surface area contributed by atoms with E-state index in [9.17, 15) is 0 Å². The molecule has 1 rings (SSSR count). The molecular weight excluding hydrogens is 262 g/mol. The number of rotatable bonds is 4. The number of nitrogens with two attached hydrogens (primary N) is 1. The van der Waals surface area contributed by atoms with Gasteiger partial charge in [-0.3, -0.25) is 4.84 Å². The first-order valence-electron chi connectivity index (χ1n) is 4.41. The van der Waals surface area contributed by atoms with Gasteiger partial charge in [0.2, 0.25) is 0 Å². The minimum Gasteiger partial charge on any atom is -0.493 e. The van der Waals surface area contributed by atoms with Gasteiger partial charge in [0.15, 0.2) is 11.5 Å². The molecule has 0 radical (unpaired) electrons. The zero-order valence-electron chi connectivity index (χ0n) is 8.91. The molecule has 0 heterocycles. The van der Waals surface area contributed by atoms with Crippen molar-refractivity contribution in [2.75, 3.05) is 14.2 Å². The maximum Gasteiger partial charge on any atom is 0.174 e. The summed E-state index contributed by atoms with van der Waals surface area (Å²) in [5.41, 5.74) is 0.919. The summed E-state index contributed by atoms with van der Waals surface area (Å²) in [5.74, 6) is 6.43. The Morgan fingerprint density at radius 3 is 2.40 bits per heavy atom. The fourth-order valence-electron chi connectivity index (χ4n) is 1.25. The number of hydrogen-bond acceptors (Lipinski definition) is 4. The van der Waals surface area contributed by atoms with Gasteiger partial charge in [0, 0.05) is 0 Å². The van der Waals surface area contributed by atoms with E-state index in [1.807, 2.05) is 19.1 Å². The summed E-state index contributed by atoms with van der Waals surface area (Å²) >= 11 is 3.40. The van der Waals surface area contributed by atoms with Crippen LogP contribution in [0.4, 0.5) is 0 Å². The Labute approximate surface area is 97.4 Å². The molecule has 0 spiro atoms. The fraction of sp³-hybridized carbons (Fsp3) is 0.400. The van der Waals surface area contributed by atoms with Gasteiger partial charge in [-0.2, -0.15) is 0 Å². The van der Waals surface area contributed by atoms with Crippen LogP contribution in [0, 0.1) is 0 Å². The highest BCUT2D eigenvalue weighted by Gasteiger charge is 2.13. The molecule has 84 valence electrons. The van der Waals surface area contributed by atoms with Crippen LogP contribution < -0.4 is 15.4 Å². The second-order valence-corrected chi connectivity index (χ2v) is 3.87. The highest BCUT2D eigenvalue weighted by Crippen LogP contribution is 2.38. The average Bonchev–Trinajstić information content (AvgIpc) is 2.26. The number of halogens is 1. The third kappa shape index (κ3) is 2.62. The van der Waals surface area contributed by atoms with Gasteiger partial charge in [0.25, 0.3) is 0 Å². The first-order chi connectivity index (χ1) is 7.13. The minimum absolute atomic E-state index is 0.193. The van der Waals surface area contributed by atoms with Crippen molar-refractivity contribution < 1.29 is 14.3 Å². The number of methoxy groups -OCH3 is 2. The molecule has 0 fully saturated rings. The molecule has 2 N–H and O–H groups in total. The lowest BCUT2D eigenvalue weighted by Gasteiger charge is -2.14. The molecule has 1 unspecified atom stereocenters. The van der Waals surface area contributed by atoms with E-state index in [4.69, 9.17) is 20.2 Å². The van der Waals surface area contributed by atoms with E-state index in [1.165, 1.54) is 0 Å². The largest absolute Gasteiger partial charge is 0.493 e. The SMILES string of the molecule is COc1cc(C(C)ON)cc(Br)c1OC. The van der Waals surface area contributed by atoms with Crippen molar-refractivity contribution in [3.05, 3.63) is 22.2 Å². The quantitative estimate of drug-likeness (QED) is 0.858. The molecule has 0 aliphatic carbocycles. The molecule has 0 saturated carbocycles. The Balaban J connectivity index is 3.19. The fourth-order valence-corrected chi connectivity index (χ4v) is 1.87. The van der Waals surface area contributed by atoms with Crippen molar-refractivity contribution in [2.24, 2.45) is 5.90 Å². The van der Waals surface area contributed by atoms with Crippen molar-refractivity contribution in [3.63, 3.8) is 0 Å². The Morgan fingerprint density at radius 1 is 1.27 bits per heavy atom. The van der Waals surface area contributed by atoms with E-state index in [-0.39, 0.29) is 6.10 Å². The standard InChI is InChI=1S/C10H14BrNO3/c1-6(15-12)7-4-8(11)10(14-3)9(5-7)13-2/h4-6H,12H2,1-3H3. The Hall–Kier alpha value is -0.780. The highest BCUT2D eigenvalue weighted by atomic mass is 79.9. The van der Waals surface area contributed by atoms with Crippen LogP contribution in [0.2, 0.25) is 0 Å². The van der Waals surface area contributed by atoms with E-state index in [0.717, 1.165) is 10.0 Å². The van der Waals surface area contributed by atoms with Gasteiger partial charge in [-0.05, 0) is 40.5 Å². The maximum absolute atomic E-state index is 5.20. The van der Waals surface area contributed by atoms with E-state index in [0.29, 0.717) is 11.5 Å². The predicted molar refractivity (Wildman–Crippen MR) is 60.9 cm³/mol. The van der Waals surface area contributed by atoms with Gasteiger partial charge >= 0.3 is 0 Å². The third-order valence-corrected chi connectivity index (χ3v) is 2.72. The molecule has 5 heteroatoms. The Bertz CT molecular complexity index is 344. The normalized spacial score (nSPS) is 12.3. The third-order valence-electron chi connectivity index (χ3n) is 2.13. The van der Waals surface area contributed by atoms with Crippen molar-refractivity contribution in [3.8, 4) is 11.5 Å². The second-order valence-electron chi connectivity index (χ2n) is 3.02. The average molecular weight is 276 g/mol. The van der Waals surface area contributed by atoms with E-state index in [1.54, 1.807) is 14.2 Å². The van der Waals surface area contributed by atoms with Crippen LogP contribution >= 0.6 is 15.9 Å². The van der Waals surface area contributed by atoms with Gasteiger partial charge in [0.1, 0.15) is 6.10 Å². The second kappa shape index (κ2) is 5.34. The lowest BCUT2D eigenvalue weighted by Crippen LogP contribution is -2.06. The van der Waals surface area contributed by atoms with Crippen LogP contribution in [-0.4, -0.2) is 14.2 Å². The number of hydrogen-bond donors (Lipinski definition) is 1. The molecule has 0 aliphatic rings.